The molecule has 0 radical (unpaired) electrons. The smallest absolute Gasteiger partial charge is 0.273 e. The Morgan fingerprint density at radius 3 is 2.52 bits per heavy atom. The molecular formula is C22H26N4O6S. The molecule has 2 N–H and O–H groups in total. The van der Waals surface area contributed by atoms with E-state index < -0.39 is 14.9 Å². The van der Waals surface area contributed by atoms with Crippen LogP contribution >= 0.6 is 0 Å². The van der Waals surface area contributed by atoms with Crippen LogP contribution in [0.2, 0.25) is 0 Å². The van der Waals surface area contributed by atoms with Crippen LogP contribution in [0, 0.1) is 23.0 Å². The number of piperidine rings is 1. The van der Waals surface area contributed by atoms with Crippen molar-refractivity contribution < 1.29 is 22.9 Å². The zero-order chi connectivity index (χ0) is 24.2. The van der Waals surface area contributed by atoms with Gasteiger partial charge in [-0.2, -0.15) is 0 Å². The fourth-order valence-electron chi connectivity index (χ4n) is 3.72. The first kappa shape index (κ1) is 24.2. The highest BCUT2D eigenvalue weighted by molar-refractivity contribution is 7.92. The van der Waals surface area contributed by atoms with Gasteiger partial charge >= 0.3 is 0 Å². The van der Waals surface area contributed by atoms with Crippen molar-refractivity contribution in [2.24, 2.45) is 5.92 Å². The van der Waals surface area contributed by atoms with Crippen LogP contribution in [0.25, 0.3) is 0 Å². The molecule has 3 rings (SSSR count). The van der Waals surface area contributed by atoms with Crippen molar-refractivity contribution in [2.75, 3.05) is 24.4 Å². The third-order valence-corrected chi connectivity index (χ3v) is 6.88. The zero-order valence-electron chi connectivity index (χ0n) is 18.4. The molecule has 1 unspecified atom stereocenters. The van der Waals surface area contributed by atoms with Gasteiger partial charge in [-0.05, 0) is 57.0 Å². The molecule has 33 heavy (non-hydrogen) atoms. The van der Waals surface area contributed by atoms with Crippen molar-refractivity contribution in [2.45, 2.75) is 31.6 Å². The Morgan fingerprint density at radius 2 is 1.88 bits per heavy atom. The summed E-state index contributed by atoms with van der Waals surface area (Å²) in [6.45, 7) is 4.80. The number of carbonyl (C=O) groups is 2. The van der Waals surface area contributed by atoms with Crippen LogP contribution in [-0.2, 0) is 14.8 Å². The number of aryl methyl sites for hydroxylation is 1. The third kappa shape index (κ3) is 5.67. The number of likely N-dealkylation sites (tertiary alicyclic amines) is 1. The van der Waals surface area contributed by atoms with E-state index in [2.05, 4.69) is 10.0 Å². The van der Waals surface area contributed by atoms with Gasteiger partial charge in [-0.3, -0.25) is 24.4 Å². The summed E-state index contributed by atoms with van der Waals surface area (Å²) in [7, 11) is -4.06. The lowest BCUT2D eigenvalue weighted by molar-refractivity contribution is -0.385. The molecule has 1 aliphatic heterocycles. The van der Waals surface area contributed by atoms with E-state index in [1.54, 1.807) is 4.90 Å². The van der Waals surface area contributed by atoms with Gasteiger partial charge in [0.1, 0.15) is 0 Å². The van der Waals surface area contributed by atoms with Crippen LogP contribution in [0.5, 0.6) is 0 Å². The van der Waals surface area contributed by atoms with Gasteiger partial charge in [-0.15, -0.1) is 0 Å². The van der Waals surface area contributed by atoms with Gasteiger partial charge in [0.05, 0.1) is 15.7 Å². The molecule has 10 nitrogen and oxygen atoms in total. The molecule has 176 valence electrons. The summed E-state index contributed by atoms with van der Waals surface area (Å²) in [5.74, 6) is -0.532. The molecular weight excluding hydrogens is 448 g/mol. The number of carbonyl (C=O) groups excluding carboxylic acids is 2. The third-order valence-electron chi connectivity index (χ3n) is 5.50. The topological polar surface area (TPSA) is 139 Å². The van der Waals surface area contributed by atoms with Gasteiger partial charge in [0.25, 0.3) is 21.6 Å². The Bertz CT molecular complexity index is 1160. The molecule has 2 amide bonds. The second-order valence-electron chi connectivity index (χ2n) is 7.87. The average molecular weight is 475 g/mol. The van der Waals surface area contributed by atoms with Crippen molar-refractivity contribution in [3.63, 3.8) is 0 Å². The maximum Gasteiger partial charge on any atom is 0.273 e. The lowest BCUT2D eigenvalue weighted by Crippen LogP contribution is -2.45. The average Bonchev–Trinajstić information content (AvgIpc) is 2.79. The molecule has 1 heterocycles. The quantitative estimate of drug-likeness (QED) is 0.467. The van der Waals surface area contributed by atoms with E-state index in [9.17, 15) is 28.1 Å². The Kier molecular flexibility index (Phi) is 7.32. The normalized spacial score (nSPS) is 16.2. The van der Waals surface area contributed by atoms with E-state index in [-0.39, 0.29) is 34.0 Å². The van der Waals surface area contributed by atoms with Crippen LogP contribution in [0.15, 0.2) is 47.4 Å². The summed E-state index contributed by atoms with van der Waals surface area (Å²) in [6.07, 6.45) is 1.46. The number of hydrogen-bond acceptors (Lipinski definition) is 6. The number of amides is 2. The first-order valence-electron chi connectivity index (χ1n) is 10.6. The maximum atomic E-state index is 12.9. The molecule has 11 heteroatoms. The SMILES string of the molecule is CCNC(=O)C1CCCN(C(=O)c2ccc(NS(=O)(=O)c3ccc(C)c([N+](=O)[O-])c3)cc2)C1. The van der Waals surface area contributed by atoms with E-state index in [0.717, 1.165) is 18.9 Å². The molecule has 0 saturated carbocycles. The van der Waals surface area contributed by atoms with Crippen LogP contribution < -0.4 is 10.0 Å². The number of nitro benzene ring substituents is 1. The molecule has 1 fully saturated rings. The summed E-state index contributed by atoms with van der Waals surface area (Å²) in [5, 5.41) is 13.9. The Hall–Kier alpha value is -3.47. The largest absolute Gasteiger partial charge is 0.356 e. The highest BCUT2D eigenvalue weighted by atomic mass is 32.2. The van der Waals surface area contributed by atoms with Crippen LogP contribution in [0.4, 0.5) is 11.4 Å². The monoisotopic (exact) mass is 474 g/mol. The van der Waals surface area contributed by atoms with Gasteiger partial charge in [0.2, 0.25) is 5.91 Å². The summed E-state index contributed by atoms with van der Waals surface area (Å²) in [6, 6.07) is 9.61. The number of sulfonamides is 1. The summed E-state index contributed by atoms with van der Waals surface area (Å²) >= 11 is 0. The molecule has 0 spiro atoms. The van der Waals surface area contributed by atoms with E-state index >= 15 is 0 Å². The van der Waals surface area contributed by atoms with Crippen molar-refractivity contribution >= 4 is 33.2 Å². The van der Waals surface area contributed by atoms with Crippen LogP contribution in [0.3, 0.4) is 0 Å². The molecule has 0 aliphatic carbocycles. The van der Waals surface area contributed by atoms with Crippen molar-refractivity contribution in [3.8, 4) is 0 Å². The molecule has 1 aliphatic rings. The molecule has 2 aromatic rings. The Morgan fingerprint density at radius 1 is 1.18 bits per heavy atom. The van der Waals surface area contributed by atoms with E-state index in [1.807, 2.05) is 6.92 Å². The van der Waals surface area contributed by atoms with Crippen molar-refractivity contribution in [1.82, 2.24) is 10.2 Å². The van der Waals surface area contributed by atoms with Gasteiger partial charge in [0.15, 0.2) is 0 Å². The van der Waals surface area contributed by atoms with Crippen molar-refractivity contribution in [1.29, 1.82) is 0 Å². The van der Waals surface area contributed by atoms with Gasteiger partial charge in [-0.1, -0.05) is 6.07 Å². The fourth-order valence-corrected chi connectivity index (χ4v) is 4.80. The molecule has 1 atom stereocenters. The lowest BCUT2D eigenvalue weighted by Gasteiger charge is -2.32. The van der Waals surface area contributed by atoms with Gasteiger partial charge < -0.3 is 10.2 Å². The number of nitrogens with one attached hydrogen (secondary N) is 2. The predicted molar refractivity (Wildman–Crippen MR) is 122 cm³/mol. The Labute approximate surface area is 192 Å². The zero-order valence-corrected chi connectivity index (χ0v) is 19.2. The number of nitrogens with zero attached hydrogens (tertiary/aromatic N) is 2. The number of benzene rings is 2. The van der Waals surface area contributed by atoms with Crippen LogP contribution in [-0.4, -0.2) is 49.7 Å². The van der Waals surface area contributed by atoms with E-state index in [1.165, 1.54) is 43.3 Å². The molecule has 2 aromatic carbocycles. The van der Waals surface area contributed by atoms with E-state index in [4.69, 9.17) is 0 Å². The van der Waals surface area contributed by atoms with Crippen molar-refractivity contribution in [3.05, 3.63) is 63.7 Å². The minimum atomic E-state index is -4.06. The number of rotatable bonds is 7. The molecule has 1 saturated heterocycles. The minimum Gasteiger partial charge on any atom is -0.356 e. The summed E-state index contributed by atoms with van der Waals surface area (Å²) in [5.41, 5.74) is 0.661. The maximum absolute atomic E-state index is 12.9. The fraction of sp³-hybridized carbons (Fsp3) is 0.364. The first-order valence-corrected chi connectivity index (χ1v) is 12.1. The predicted octanol–water partition coefficient (Wildman–Crippen LogP) is 2.69. The molecule has 0 bridgehead atoms. The minimum absolute atomic E-state index is 0.0592. The number of anilines is 1. The molecule has 0 aromatic heterocycles. The van der Waals surface area contributed by atoms with Gasteiger partial charge in [-0.25, -0.2) is 8.42 Å². The lowest BCUT2D eigenvalue weighted by atomic mass is 9.96. The Balaban J connectivity index is 1.71. The van der Waals surface area contributed by atoms with Gasteiger partial charge in [0, 0.05) is 42.5 Å². The van der Waals surface area contributed by atoms with Crippen LogP contribution in [0.1, 0.15) is 35.7 Å². The highest BCUT2D eigenvalue weighted by Gasteiger charge is 2.28. The number of nitro groups is 1. The second-order valence-corrected chi connectivity index (χ2v) is 9.56. The summed E-state index contributed by atoms with van der Waals surface area (Å²) < 4.78 is 27.7. The highest BCUT2D eigenvalue weighted by Crippen LogP contribution is 2.25. The first-order chi connectivity index (χ1) is 15.6. The standard InChI is InChI=1S/C22H26N4O6S/c1-3-23-21(27)17-5-4-12-25(14-17)22(28)16-7-9-18(10-8-16)24-33(31,32)19-11-6-15(2)20(13-19)26(29)30/h6-11,13,17,24H,3-5,12,14H2,1-2H3,(H,23,27). The summed E-state index contributed by atoms with van der Waals surface area (Å²) in [4.78, 5) is 36.9. The second kappa shape index (κ2) is 9.99. The van der Waals surface area contributed by atoms with E-state index in [0.29, 0.717) is 30.8 Å². The number of hydrogen-bond donors (Lipinski definition) is 2.